The maximum atomic E-state index is 11.8. The number of piperazine rings is 1. The Balaban J connectivity index is 1.55. The molecular formula is C21H29N5O3S. The Hall–Kier alpha value is -2.78. The summed E-state index contributed by atoms with van der Waals surface area (Å²) in [4.78, 5) is 9.24. The van der Waals surface area contributed by atoms with Gasteiger partial charge in [-0.25, -0.2) is 13.1 Å². The fraction of sp³-hybridized carbons (Fsp3) is 0.381. The number of nitrogens with one attached hydrogen (secondary N) is 2. The predicted molar refractivity (Wildman–Crippen MR) is 120 cm³/mol. The summed E-state index contributed by atoms with van der Waals surface area (Å²) in [5.74, 6) is 1.70. The van der Waals surface area contributed by atoms with Gasteiger partial charge in [0, 0.05) is 51.5 Å². The monoisotopic (exact) mass is 431 g/mol. The zero-order valence-corrected chi connectivity index (χ0v) is 18.4. The Morgan fingerprint density at radius 2 is 1.80 bits per heavy atom. The number of benzene rings is 2. The van der Waals surface area contributed by atoms with Gasteiger partial charge in [0.1, 0.15) is 5.75 Å². The highest BCUT2D eigenvalue weighted by Crippen LogP contribution is 2.22. The fourth-order valence-electron chi connectivity index (χ4n) is 3.40. The molecule has 0 spiro atoms. The topological polar surface area (TPSA) is 86.3 Å². The average Bonchev–Trinajstić information content (AvgIpc) is 2.80. The third kappa shape index (κ3) is 5.22. The quantitative estimate of drug-likeness (QED) is 0.533. The minimum absolute atomic E-state index is 0.256. The second-order valence-electron chi connectivity index (χ2n) is 6.93. The molecule has 0 unspecified atom stereocenters. The van der Waals surface area contributed by atoms with Crippen LogP contribution in [0.1, 0.15) is 5.56 Å². The summed E-state index contributed by atoms with van der Waals surface area (Å²) in [7, 11) is 1.45. The SMILES string of the molecule is CN=C(NCc1ccc(S(=O)(=O)NC)cc1)N1CCN(c2cccc(OC)c2)CC1. The van der Waals surface area contributed by atoms with E-state index in [9.17, 15) is 8.42 Å². The minimum atomic E-state index is -3.42. The van der Waals surface area contributed by atoms with Crippen LogP contribution in [0.2, 0.25) is 0 Å². The summed E-state index contributed by atoms with van der Waals surface area (Å²) in [6.45, 7) is 4.07. The van der Waals surface area contributed by atoms with Crippen molar-refractivity contribution in [3.05, 3.63) is 54.1 Å². The van der Waals surface area contributed by atoms with E-state index in [0.717, 1.165) is 49.1 Å². The van der Waals surface area contributed by atoms with Crippen molar-refractivity contribution in [2.75, 3.05) is 52.3 Å². The number of guanidine groups is 1. The molecule has 2 N–H and O–H groups in total. The van der Waals surface area contributed by atoms with Gasteiger partial charge in [0.05, 0.1) is 12.0 Å². The van der Waals surface area contributed by atoms with Gasteiger partial charge in [-0.2, -0.15) is 0 Å². The molecule has 0 radical (unpaired) electrons. The first kappa shape index (κ1) is 21.9. The summed E-state index contributed by atoms with van der Waals surface area (Å²) in [6, 6.07) is 15.0. The molecule has 8 nitrogen and oxygen atoms in total. The Labute approximate surface area is 178 Å². The van der Waals surface area contributed by atoms with Crippen molar-refractivity contribution in [3.8, 4) is 5.75 Å². The second-order valence-corrected chi connectivity index (χ2v) is 8.81. The van der Waals surface area contributed by atoms with Gasteiger partial charge in [-0.15, -0.1) is 0 Å². The summed E-state index contributed by atoms with van der Waals surface area (Å²) >= 11 is 0. The van der Waals surface area contributed by atoms with E-state index < -0.39 is 10.0 Å². The number of hydrogen-bond donors (Lipinski definition) is 2. The van der Waals surface area contributed by atoms with Crippen LogP contribution in [0.15, 0.2) is 58.4 Å². The van der Waals surface area contributed by atoms with E-state index in [0.29, 0.717) is 6.54 Å². The van der Waals surface area contributed by atoms with E-state index in [-0.39, 0.29) is 4.90 Å². The molecule has 0 amide bonds. The molecule has 1 saturated heterocycles. The number of nitrogens with zero attached hydrogens (tertiary/aromatic N) is 3. The minimum Gasteiger partial charge on any atom is -0.497 e. The predicted octanol–water partition coefficient (Wildman–Crippen LogP) is 1.50. The standard InChI is InChI=1S/C21H29N5O3S/c1-22-21(24-16-17-7-9-20(10-8-17)30(27,28)23-2)26-13-11-25(12-14-26)18-5-4-6-19(15-18)29-3/h4-10,15,23H,11-14,16H2,1-3H3,(H,22,24). The molecule has 0 aliphatic carbocycles. The summed E-state index contributed by atoms with van der Waals surface area (Å²) in [5, 5.41) is 3.37. The van der Waals surface area contributed by atoms with Gasteiger partial charge in [0.2, 0.25) is 10.0 Å². The van der Waals surface area contributed by atoms with E-state index in [4.69, 9.17) is 4.74 Å². The molecule has 9 heteroatoms. The molecule has 0 aromatic heterocycles. The third-order valence-electron chi connectivity index (χ3n) is 5.16. The molecule has 30 heavy (non-hydrogen) atoms. The van der Waals surface area contributed by atoms with E-state index in [2.05, 4.69) is 37.0 Å². The van der Waals surface area contributed by atoms with E-state index in [1.807, 2.05) is 24.3 Å². The van der Waals surface area contributed by atoms with Crippen molar-refractivity contribution in [2.24, 2.45) is 4.99 Å². The molecule has 3 rings (SSSR count). The number of methoxy groups -OCH3 is 1. The third-order valence-corrected chi connectivity index (χ3v) is 6.59. The van der Waals surface area contributed by atoms with Gasteiger partial charge in [0.15, 0.2) is 5.96 Å². The smallest absolute Gasteiger partial charge is 0.240 e. The summed E-state index contributed by atoms with van der Waals surface area (Å²) in [6.07, 6.45) is 0. The molecular weight excluding hydrogens is 402 g/mol. The van der Waals surface area contributed by atoms with Crippen molar-refractivity contribution in [1.82, 2.24) is 14.9 Å². The number of hydrogen-bond acceptors (Lipinski definition) is 5. The van der Waals surface area contributed by atoms with Gasteiger partial charge in [0.25, 0.3) is 0 Å². The van der Waals surface area contributed by atoms with Crippen molar-refractivity contribution >= 4 is 21.7 Å². The number of rotatable bonds is 6. The van der Waals surface area contributed by atoms with Crippen LogP contribution in [-0.4, -0.2) is 66.7 Å². The maximum Gasteiger partial charge on any atom is 0.240 e. The Morgan fingerprint density at radius 1 is 1.10 bits per heavy atom. The number of aliphatic imine (C=N–C) groups is 1. The van der Waals surface area contributed by atoms with Gasteiger partial charge < -0.3 is 19.9 Å². The highest BCUT2D eigenvalue weighted by molar-refractivity contribution is 7.89. The van der Waals surface area contributed by atoms with Crippen LogP contribution in [0.25, 0.3) is 0 Å². The summed E-state index contributed by atoms with van der Waals surface area (Å²) < 4.78 is 31.3. The first-order valence-electron chi connectivity index (χ1n) is 9.84. The molecule has 0 bridgehead atoms. The van der Waals surface area contributed by atoms with Crippen LogP contribution in [0.4, 0.5) is 5.69 Å². The molecule has 162 valence electrons. The number of ether oxygens (including phenoxy) is 1. The van der Waals surface area contributed by atoms with E-state index >= 15 is 0 Å². The van der Waals surface area contributed by atoms with Crippen LogP contribution in [0.5, 0.6) is 5.75 Å². The van der Waals surface area contributed by atoms with Crippen LogP contribution >= 0.6 is 0 Å². The molecule has 0 atom stereocenters. The first-order valence-corrected chi connectivity index (χ1v) is 11.3. The van der Waals surface area contributed by atoms with Gasteiger partial charge in [-0.05, 0) is 36.9 Å². The molecule has 2 aromatic carbocycles. The van der Waals surface area contributed by atoms with Crippen LogP contribution in [0.3, 0.4) is 0 Å². The van der Waals surface area contributed by atoms with E-state index in [1.165, 1.54) is 7.05 Å². The van der Waals surface area contributed by atoms with Gasteiger partial charge >= 0.3 is 0 Å². The number of sulfonamides is 1. The molecule has 1 aliphatic rings. The fourth-order valence-corrected chi connectivity index (χ4v) is 4.13. The van der Waals surface area contributed by atoms with Crippen molar-refractivity contribution in [2.45, 2.75) is 11.4 Å². The van der Waals surface area contributed by atoms with Crippen molar-refractivity contribution in [3.63, 3.8) is 0 Å². The largest absolute Gasteiger partial charge is 0.497 e. The Bertz CT molecular complexity index is 968. The highest BCUT2D eigenvalue weighted by atomic mass is 32.2. The van der Waals surface area contributed by atoms with Gasteiger partial charge in [-0.3, -0.25) is 4.99 Å². The van der Waals surface area contributed by atoms with Crippen molar-refractivity contribution < 1.29 is 13.2 Å². The second kappa shape index (κ2) is 9.82. The lowest BCUT2D eigenvalue weighted by Crippen LogP contribution is -2.52. The van der Waals surface area contributed by atoms with Crippen LogP contribution in [0, 0.1) is 0 Å². The molecule has 1 heterocycles. The Kier molecular flexibility index (Phi) is 7.17. The molecule has 1 fully saturated rings. The van der Waals surface area contributed by atoms with Crippen molar-refractivity contribution in [1.29, 1.82) is 0 Å². The van der Waals surface area contributed by atoms with E-state index in [1.54, 1.807) is 26.3 Å². The first-order chi connectivity index (χ1) is 14.5. The van der Waals surface area contributed by atoms with Crippen LogP contribution < -0.4 is 19.7 Å². The van der Waals surface area contributed by atoms with Gasteiger partial charge in [-0.1, -0.05) is 18.2 Å². The lowest BCUT2D eigenvalue weighted by atomic mass is 10.2. The van der Waals surface area contributed by atoms with Crippen LogP contribution in [-0.2, 0) is 16.6 Å². The summed E-state index contributed by atoms with van der Waals surface area (Å²) in [5.41, 5.74) is 2.15. The highest BCUT2D eigenvalue weighted by Gasteiger charge is 2.20. The normalized spacial score (nSPS) is 15.2. The Morgan fingerprint density at radius 3 is 2.40 bits per heavy atom. The molecule has 0 saturated carbocycles. The lowest BCUT2D eigenvalue weighted by molar-refractivity contribution is 0.372. The average molecular weight is 432 g/mol. The zero-order valence-electron chi connectivity index (χ0n) is 17.6. The maximum absolute atomic E-state index is 11.8. The zero-order chi connectivity index (χ0) is 21.6. The lowest BCUT2D eigenvalue weighted by Gasteiger charge is -2.37. The molecule has 2 aromatic rings. The molecule has 1 aliphatic heterocycles. The number of anilines is 1.